The van der Waals surface area contributed by atoms with Gasteiger partial charge in [-0.3, -0.25) is 4.79 Å². The molecule has 0 atom stereocenters. The number of benzene rings is 3. The smallest absolute Gasteiger partial charge is 0.335 e. The maximum Gasteiger partial charge on any atom is 0.335 e. The molecule has 8 nitrogen and oxygen atoms in total. The van der Waals surface area contributed by atoms with Crippen molar-refractivity contribution in [3.05, 3.63) is 112 Å². The van der Waals surface area contributed by atoms with Gasteiger partial charge in [0.15, 0.2) is 11.5 Å². The van der Waals surface area contributed by atoms with Crippen molar-refractivity contribution >= 4 is 23.1 Å². The molecule has 0 unspecified atom stereocenters. The van der Waals surface area contributed by atoms with E-state index in [0.29, 0.717) is 41.3 Å². The van der Waals surface area contributed by atoms with Gasteiger partial charge in [0.05, 0.1) is 29.3 Å². The molecule has 1 saturated carbocycles. The number of carbonyl (C=O) groups is 1. The fourth-order valence-corrected chi connectivity index (χ4v) is 5.39. The molecule has 42 heavy (non-hydrogen) atoms. The first-order valence-electron chi connectivity index (χ1n) is 14.4. The van der Waals surface area contributed by atoms with Crippen LogP contribution in [0.15, 0.2) is 83.2 Å². The van der Waals surface area contributed by atoms with Crippen LogP contribution in [0.25, 0.3) is 10.9 Å². The molecule has 4 aromatic rings. The Morgan fingerprint density at radius 1 is 1.10 bits per heavy atom. The lowest BCUT2D eigenvalue weighted by molar-refractivity contribution is 0.0697. The molecule has 0 aliphatic heterocycles. The van der Waals surface area contributed by atoms with Crippen LogP contribution in [0, 0.1) is 0 Å². The number of allylic oxidation sites excluding steroid dienone is 1. The Morgan fingerprint density at radius 3 is 2.57 bits per heavy atom. The summed E-state index contributed by atoms with van der Waals surface area (Å²) in [4.78, 5) is 29.7. The second-order valence-electron chi connectivity index (χ2n) is 10.4. The van der Waals surface area contributed by atoms with Crippen LogP contribution in [0.1, 0.15) is 77.8 Å². The number of aromatic carboxylic acids is 1. The molecule has 0 amide bonds. The zero-order valence-electron chi connectivity index (χ0n) is 23.8. The molecule has 0 saturated heterocycles. The number of ether oxygens (including phenoxy) is 2. The fraction of sp³-hybridized carbons (Fsp3) is 0.294. The van der Waals surface area contributed by atoms with Crippen LogP contribution < -0.4 is 15.0 Å². The lowest BCUT2D eigenvalue weighted by Crippen LogP contribution is -2.25. The van der Waals surface area contributed by atoms with Crippen molar-refractivity contribution in [1.29, 1.82) is 0 Å². The highest BCUT2D eigenvalue weighted by atomic mass is 16.5. The molecule has 1 aliphatic rings. The molecular weight excluding hydrogens is 530 g/mol. The molecule has 1 aromatic heterocycles. The minimum atomic E-state index is -0.973. The lowest BCUT2D eigenvalue weighted by atomic mass is 9.88. The number of carboxylic acid groups (broad SMARTS) is 1. The third-order valence-electron chi connectivity index (χ3n) is 7.47. The van der Waals surface area contributed by atoms with Crippen LogP contribution in [0.3, 0.4) is 0 Å². The fourth-order valence-electron chi connectivity index (χ4n) is 5.39. The Labute approximate surface area is 245 Å². The van der Waals surface area contributed by atoms with E-state index in [9.17, 15) is 14.7 Å². The summed E-state index contributed by atoms with van der Waals surface area (Å²) in [5, 5.41) is 14.4. The Morgan fingerprint density at radius 2 is 1.86 bits per heavy atom. The van der Waals surface area contributed by atoms with Gasteiger partial charge < -0.3 is 14.6 Å². The molecule has 8 heteroatoms. The molecule has 1 N–H and O–H groups in total. The highest BCUT2D eigenvalue weighted by molar-refractivity contribution is 5.87. The number of fused-ring (bicyclic) bond motifs is 1. The average molecular weight is 566 g/mol. The van der Waals surface area contributed by atoms with E-state index in [4.69, 9.17) is 19.6 Å². The van der Waals surface area contributed by atoms with Gasteiger partial charge in [-0.05, 0) is 73.7 Å². The van der Waals surface area contributed by atoms with Gasteiger partial charge in [-0.25, -0.2) is 9.78 Å². The van der Waals surface area contributed by atoms with Gasteiger partial charge in [0.2, 0.25) is 0 Å². The van der Waals surface area contributed by atoms with Crippen molar-refractivity contribution in [2.24, 2.45) is 5.10 Å². The van der Waals surface area contributed by atoms with E-state index >= 15 is 0 Å². The molecule has 0 radical (unpaired) electrons. The molecule has 216 valence electrons. The number of hydrogen-bond acceptors (Lipinski definition) is 6. The summed E-state index contributed by atoms with van der Waals surface area (Å²) in [5.41, 5.74) is 3.18. The second kappa shape index (κ2) is 13.3. The summed E-state index contributed by atoms with van der Waals surface area (Å²) in [5.74, 6) is 1.06. The monoisotopic (exact) mass is 565 g/mol. The van der Waals surface area contributed by atoms with E-state index in [0.717, 1.165) is 42.4 Å². The van der Waals surface area contributed by atoms with Crippen molar-refractivity contribution in [3.8, 4) is 11.5 Å². The summed E-state index contributed by atoms with van der Waals surface area (Å²) >= 11 is 0. The Balaban J connectivity index is 1.50. The molecule has 1 fully saturated rings. The normalized spacial score (nSPS) is 13.8. The first-order valence-corrected chi connectivity index (χ1v) is 14.4. The average Bonchev–Trinajstić information content (AvgIpc) is 3.01. The zero-order valence-corrected chi connectivity index (χ0v) is 23.8. The zero-order chi connectivity index (χ0) is 29.5. The van der Waals surface area contributed by atoms with Gasteiger partial charge in [-0.15, -0.1) is 6.58 Å². The minimum absolute atomic E-state index is 0.178. The Hall–Kier alpha value is -4.72. The van der Waals surface area contributed by atoms with Gasteiger partial charge in [-0.2, -0.15) is 9.78 Å². The molecule has 3 aromatic carbocycles. The van der Waals surface area contributed by atoms with E-state index in [1.807, 2.05) is 37.3 Å². The number of nitrogens with zero attached hydrogens (tertiary/aromatic N) is 3. The third-order valence-corrected chi connectivity index (χ3v) is 7.47. The van der Waals surface area contributed by atoms with Crippen molar-refractivity contribution in [3.63, 3.8) is 0 Å². The maximum atomic E-state index is 13.6. The van der Waals surface area contributed by atoms with Crippen LogP contribution in [0.5, 0.6) is 11.5 Å². The largest absolute Gasteiger partial charge is 0.490 e. The minimum Gasteiger partial charge on any atom is -0.490 e. The summed E-state index contributed by atoms with van der Waals surface area (Å²) in [6.07, 6.45) is 9.40. The number of aromatic nitrogens is 2. The Bertz CT molecular complexity index is 1670. The van der Waals surface area contributed by atoms with Crippen LogP contribution >= 0.6 is 0 Å². The standard InChI is InChI=1S/C34H35N3O5/c1-3-10-27-19-24(20-30(41-4-2)31(27)42-22-23-15-17-26(18-16-23)34(39)40)21-35-37-32(25-11-6-5-7-12-25)36-29-14-9-8-13-28(29)33(37)38/h3,8-9,13-21,25H,1,4-7,10-12,22H2,2H3,(H,39,40). The highest BCUT2D eigenvalue weighted by Crippen LogP contribution is 2.35. The molecular formula is C34H35N3O5. The SMILES string of the molecule is C=CCc1cc(C=Nn2c(C3CCCCC3)nc3ccccc3c2=O)cc(OCC)c1OCc1ccc(C(=O)O)cc1. The van der Waals surface area contributed by atoms with Crippen LogP contribution in [-0.2, 0) is 13.0 Å². The van der Waals surface area contributed by atoms with Gasteiger partial charge in [0.25, 0.3) is 5.56 Å². The van der Waals surface area contributed by atoms with Crippen molar-refractivity contribution in [2.45, 2.75) is 58.0 Å². The number of hydrogen-bond donors (Lipinski definition) is 1. The summed E-state index contributed by atoms with van der Waals surface area (Å²) < 4.78 is 13.7. The quantitative estimate of drug-likeness (QED) is 0.160. The van der Waals surface area contributed by atoms with E-state index < -0.39 is 5.97 Å². The molecule has 5 rings (SSSR count). The molecule has 0 spiro atoms. The maximum absolute atomic E-state index is 13.6. The van der Waals surface area contributed by atoms with Crippen molar-refractivity contribution < 1.29 is 19.4 Å². The van der Waals surface area contributed by atoms with Gasteiger partial charge in [0.1, 0.15) is 12.4 Å². The summed E-state index contributed by atoms with van der Waals surface area (Å²) in [6.45, 7) is 6.47. The molecule has 1 heterocycles. The van der Waals surface area contributed by atoms with Crippen molar-refractivity contribution in [2.75, 3.05) is 6.61 Å². The highest BCUT2D eigenvalue weighted by Gasteiger charge is 2.22. The van der Waals surface area contributed by atoms with Gasteiger partial charge in [0, 0.05) is 11.5 Å². The van der Waals surface area contributed by atoms with Gasteiger partial charge >= 0.3 is 5.97 Å². The van der Waals surface area contributed by atoms with Crippen LogP contribution in [0.2, 0.25) is 0 Å². The molecule has 1 aliphatic carbocycles. The second-order valence-corrected chi connectivity index (χ2v) is 10.4. The topological polar surface area (TPSA) is 103 Å². The third kappa shape index (κ3) is 6.43. The number of para-hydroxylation sites is 1. The lowest BCUT2D eigenvalue weighted by Gasteiger charge is -2.22. The van der Waals surface area contributed by atoms with E-state index in [1.165, 1.54) is 11.1 Å². The Kier molecular flexibility index (Phi) is 9.12. The number of rotatable bonds is 11. The van der Waals surface area contributed by atoms with E-state index in [1.54, 1.807) is 42.6 Å². The predicted octanol–water partition coefficient (Wildman–Crippen LogP) is 6.73. The van der Waals surface area contributed by atoms with Crippen LogP contribution in [0.4, 0.5) is 0 Å². The van der Waals surface area contributed by atoms with Gasteiger partial charge in [-0.1, -0.05) is 49.6 Å². The van der Waals surface area contributed by atoms with Crippen molar-refractivity contribution in [1.82, 2.24) is 9.66 Å². The van der Waals surface area contributed by atoms with E-state index in [2.05, 4.69) is 6.58 Å². The first-order chi connectivity index (χ1) is 20.5. The predicted molar refractivity (Wildman–Crippen MR) is 164 cm³/mol. The first kappa shape index (κ1) is 28.8. The summed E-state index contributed by atoms with van der Waals surface area (Å²) in [7, 11) is 0. The van der Waals surface area contributed by atoms with Crippen LogP contribution in [-0.4, -0.2) is 33.6 Å². The number of carboxylic acids is 1. The summed E-state index contributed by atoms with van der Waals surface area (Å²) in [6, 6.07) is 17.8. The van der Waals surface area contributed by atoms with E-state index in [-0.39, 0.29) is 23.6 Å². The molecule has 0 bridgehead atoms.